The van der Waals surface area contributed by atoms with Crippen LogP contribution in [0.5, 0.6) is 0 Å². The topological polar surface area (TPSA) is 88.7 Å². The molecule has 0 amide bonds. The monoisotopic (exact) mass is 595 g/mol. The molecule has 2 saturated carbocycles. The summed E-state index contributed by atoms with van der Waals surface area (Å²) in [5.74, 6) is 0.400. The van der Waals surface area contributed by atoms with Gasteiger partial charge in [-0.1, -0.05) is 45.8 Å². The number of ether oxygens (including phenoxy) is 1. The van der Waals surface area contributed by atoms with Crippen LogP contribution in [0.3, 0.4) is 0 Å². The van der Waals surface area contributed by atoms with Crippen LogP contribution in [0.25, 0.3) is 21.5 Å². The van der Waals surface area contributed by atoms with Gasteiger partial charge in [-0.05, 0) is 80.7 Å². The van der Waals surface area contributed by atoms with E-state index in [1.165, 1.54) is 12.8 Å². The summed E-state index contributed by atoms with van der Waals surface area (Å²) in [5, 5.41) is 15.9. The van der Waals surface area contributed by atoms with Crippen molar-refractivity contribution in [1.82, 2.24) is 10.1 Å². The van der Waals surface area contributed by atoms with Gasteiger partial charge in [-0.15, -0.1) is 0 Å². The van der Waals surface area contributed by atoms with E-state index >= 15 is 0 Å². The van der Waals surface area contributed by atoms with Gasteiger partial charge in [0.1, 0.15) is 11.5 Å². The van der Waals surface area contributed by atoms with Crippen molar-refractivity contribution in [3.63, 3.8) is 0 Å². The average Bonchev–Trinajstić information content (AvgIpc) is 3.23. The second kappa shape index (κ2) is 9.18. The van der Waals surface area contributed by atoms with Crippen molar-refractivity contribution in [2.24, 2.45) is 5.41 Å². The molecule has 2 aromatic heterocycles. The first-order valence-electron chi connectivity index (χ1n) is 13.9. The molecule has 2 aromatic carbocycles. The van der Waals surface area contributed by atoms with E-state index in [0.29, 0.717) is 51.5 Å². The van der Waals surface area contributed by atoms with Gasteiger partial charge in [-0.3, -0.25) is 0 Å². The third kappa shape index (κ3) is 3.91. The van der Waals surface area contributed by atoms with E-state index < -0.39 is 5.97 Å². The van der Waals surface area contributed by atoms with E-state index in [1.54, 1.807) is 23.5 Å². The molecule has 8 rings (SSSR count). The number of hydrogen-bond donors (Lipinski definition) is 1. The van der Waals surface area contributed by atoms with E-state index in [9.17, 15) is 9.90 Å². The molecule has 4 heterocycles. The number of carboxylic acids is 1. The van der Waals surface area contributed by atoms with Crippen molar-refractivity contribution < 1.29 is 19.2 Å². The average molecular weight is 597 g/mol. The molecule has 2 atom stereocenters. The predicted octanol–water partition coefficient (Wildman–Crippen LogP) is 7.94. The minimum atomic E-state index is -0.907. The number of thiazole rings is 1. The summed E-state index contributed by atoms with van der Waals surface area (Å²) in [7, 11) is 0. The Morgan fingerprint density at radius 1 is 1.12 bits per heavy atom. The van der Waals surface area contributed by atoms with E-state index in [0.717, 1.165) is 58.8 Å². The number of hydrogen-bond acceptors (Lipinski definition) is 7. The summed E-state index contributed by atoms with van der Waals surface area (Å²) in [6.45, 7) is 0.439. The molecule has 10 heteroatoms. The van der Waals surface area contributed by atoms with Gasteiger partial charge in [0.05, 0.1) is 38.5 Å². The largest absolute Gasteiger partial charge is 0.478 e. The maximum absolute atomic E-state index is 11.4. The molecule has 2 saturated heterocycles. The summed E-state index contributed by atoms with van der Waals surface area (Å²) in [5.41, 5.74) is 3.80. The minimum absolute atomic E-state index is 0.186. The Morgan fingerprint density at radius 2 is 1.93 bits per heavy atom. The number of benzene rings is 2. The Morgan fingerprint density at radius 3 is 2.67 bits per heavy atom. The van der Waals surface area contributed by atoms with Crippen molar-refractivity contribution in [3.05, 3.63) is 63.3 Å². The van der Waals surface area contributed by atoms with Crippen LogP contribution < -0.4 is 4.90 Å². The Balaban J connectivity index is 0.993. The summed E-state index contributed by atoms with van der Waals surface area (Å²) >= 11 is 14.7. The van der Waals surface area contributed by atoms with Crippen LogP contribution in [-0.4, -0.2) is 39.4 Å². The van der Waals surface area contributed by atoms with Gasteiger partial charge in [0.15, 0.2) is 5.13 Å². The first kappa shape index (κ1) is 25.1. The fourth-order valence-electron chi connectivity index (χ4n) is 7.39. The zero-order chi connectivity index (χ0) is 27.2. The van der Waals surface area contributed by atoms with Crippen LogP contribution in [0.4, 0.5) is 5.13 Å². The maximum Gasteiger partial charge on any atom is 0.335 e. The molecule has 40 heavy (non-hydrogen) atoms. The Labute approximate surface area is 245 Å². The van der Waals surface area contributed by atoms with Crippen molar-refractivity contribution >= 4 is 55.9 Å². The van der Waals surface area contributed by atoms with Crippen LogP contribution in [0.2, 0.25) is 10.0 Å². The van der Waals surface area contributed by atoms with E-state index in [2.05, 4.69) is 10.1 Å². The van der Waals surface area contributed by atoms with Gasteiger partial charge in [-0.25, -0.2) is 9.78 Å². The molecule has 7 nitrogen and oxygen atoms in total. The Hall–Kier alpha value is -2.65. The molecule has 4 aliphatic rings. The summed E-state index contributed by atoms with van der Waals surface area (Å²) in [4.78, 5) is 18.9. The highest BCUT2D eigenvalue weighted by atomic mass is 35.5. The zero-order valence-electron chi connectivity index (χ0n) is 21.6. The maximum atomic E-state index is 11.4. The van der Waals surface area contributed by atoms with E-state index in [1.807, 2.05) is 24.3 Å². The van der Waals surface area contributed by atoms with Crippen LogP contribution in [-0.2, 0) is 11.3 Å². The molecule has 2 unspecified atom stereocenters. The Bertz CT molecular complexity index is 1640. The quantitative estimate of drug-likeness (QED) is 0.232. The van der Waals surface area contributed by atoms with Gasteiger partial charge in [0.25, 0.3) is 0 Å². The number of carboxylic acid groups (broad SMARTS) is 1. The molecule has 4 aromatic rings. The van der Waals surface area contributed by atoms with Crippen LogP contribution >= 0.6 is 34.5 Å². The van der Waals surface area contributed by atoms with E-state index in [4.69, 9.17) is 37.4 Å². The molecule has 0 radical (unpaired) electrons. The number of rotatable bonds is 7. The lowest BCUT2D eigenvalue weighted by Gasteiger charge is -2.49. The van der Waals surface area contributed by atoms with Crippen molar-refractivity contribution in [2.45, 2.75) is 75.7 Å². The molecule has 2 bridgehead atoms. The molecule has 1 spiro atoms. The van der Waals surface area contributed by atoms with Crippen LogP contribution in [0, 0.1) is 5.41 Å². The fourth-order valence-corrected chi connectivity index (χ4v) is 9.09. The van der Waals surface area contributed by atoms with Gasteiger partial charge in [0, 0.05) is 29.1 Å². The van der Waals surface area contributed by atoms with Crippen LogP contribution in [0.1, 0.15) is 72.5 Å². The number of fused-ring (bicyclic) bond motifs is 4. The second-order valence-electron chi connectivity index (χ2n) is 11.8. The number of anilines is 1. The highest BCUT2D eigenvalue weighted by Crippen LogP contribution is 2.62. The molecule has 1 N–H and O–H groups in total. The lowest BCUT2D eigenvalue weighted by Crippen LogP contribution is -2.50. The molecular weight excluding hydrogens is 569 g/mol. The predicted molar refractivity (Wildman–Crippen MR) is 155 cm³/mol. The minimum Gasteiger partial charge on any atom is -0.478 e. The smallest absolute Gasteiger partial charge is 0.335 e. The van der Waals surface area contributed by atoms with Crippen molar-refractivity contribution in [2.75, 3.05) is 4.90 Å². The van der Waals surface area contributed by atoms with Gasteiger partial charge in [0.2, 0.25) is 0 Å². The third-order valence-corrected chi connectivity index (χ3v) is 11.1. The molecule has 2 aliphatic heterocycles. The number of halogens is 2. The summed E-state index contributed by atoms with van der Waals surface area (Å²) < 4.78 is 13.3. The number of aromatic nitrogens is 2. The van der Waals surface area contributed by atoms with Crippen molar-refractivity contribution in [1.29, 1.82) is 0 Å². The molecule has 206 valence electrons. The Kier molecular flexibility index (Phi) is 5.76. The van der Waals surface area contributed by atoms with Gasteiger partial charge in [-0.2, -0.15) is 0 Å². The molecular formula is C30H27Cl2N3O4S. The number of aromatic carboxylic acids is 1. The number of nitrogens with zero attached hydrogens (tertiary/aromatic N) is 3. The molecule has 2 aliphatic carbocycles. The SMILES string of the molecule is O=C(O)c1ccc2nc(N3C4CCC3C3(CC(OCc5c(-c6c(Cl)cccc6Cl)noc5C5CC5)C3)C4)sc2c1. The van der Waals surface area contributed by atoms with Gasteiger partial charge >= 0.3 is 5.97 Å². The number of carbonyl (C=O) groups is 1. The van der Waals surface area contributed by atoms with Crippen molar-refractivity contribution in [3.8, 4) is 11.3 Å². The lowest BCUT2D eigenvalue weighted by molar-refractivity contribution is -0.0968. The first-order chi connectivity index (χ1) is 19.4. The van der Waals surface area contributed by atoms with E-state index in [-0.39, 0.29) is 11.5 Å². The van der Waals surface area contributed by atoms with Crippen LogP contribution in [0.15, 0.2) is 40.9 Å². The lowest BCUT2D eigenvalue weighted by atomic mass is 9.59. The normalized spacial score (nSPS) is 27.1. The molecule has 4 fully saturated rings. The first-order valence-corrected chi connectivity index (χ1v) is 15.4. The third-order valence-electron chi connectivity index (χ3n) is 9.39. The van der Waals surface area contributed by atoms with Gasteiger partial charge < -0.3 is 19.3 Å². The highest BCUT2D eigenvalue weighted by molar-refractivity contribution is 7.22. The highest BCUT2D eigenvalue weighted by Gasteiger charge is 2.62. The summed E-state index contributed by atoms with van der Waals surface area (Å²) in [6.07, 6.45) is 7.97. The summed E-state index contributed by atoms with van der Waals surface area (Å²) in [6, 6.07) is 11.6. The zero-order valence-corrected chi connectivity index (χ0v) is 23.9. The fraction of sp³-hybridized carbons (Fsp3) is 0.433. The standard InChI is InChI=1S/C30H27Cl2N3O4S/c31-20-2-1-3-21(32)25(20)26-19(27(39-34-26)15-4-5-15)14-38-18-12-30(13-18)11-17-7-9-24(30)35(17)29-33-22-8-6-16(28(36)37)10-23(22)40-29/h1-3,6,8,10,15,17-18,24H,4-5,7,9,11-14H2,(H,36,37). The second-order valence-corrected chi connectivity index (χ2v) is 13.6.